The molecule has 1 heterocycles. The fourth-order valence-electron chi connectivity index (χ4n) is 1.44. The predicted molar refractivity (Wildman–Crippen MR) is 63.3 cm³/mol. The number of thiazole rings is 1. The van der Waals surface area contributed by atoms with Crippen molar-refractivity contribution in [3.05, 3.63) is 52.5 Å². The van der Waals surface area contributed by atoms with E-state index in [4.69, 9.17) is 0 Å². The molecule has 0 unspecified atom stereocenters. The van der Waals surface area contributed by atoms with Gasteiger partial charge >= 0.3 is 0 Å². The van der Waals surface area contributed by atoms with Gasteiger partial charge < -0.3 is 0 Å². The molecule has 0 atom stereocenters. The first-order valence-electron chi connectivity index (χ1n) is 4.80. The maximum atomic E-state index is 3.86. The fraction of sp³-hybridized carbons (Fsp3) is 0.167. The lowest BCUT2D eigenvalue weighted by Crippen LogP contribution is -2.30. The third-order valence-electron chi connectivity index (χ3n) is 2.21. The van der Waals surface area contributed by atoms with Crippen LogP contribution in [0.25, 0.3) is 0 Å². The molecule has 15 heavy (non-hydrogen) atoms. The van der Waals surface area contributed by atoms with Gasteiger partial charge in [0, 0.05) is 5.56 Å². The molecule has 0 aliphatic carbocycles. The summed E-state index contributed by atoms with van der Waals surface area (Å²) in [7, 11) is 0. The van der Waals surface area contributed by atoms with E-state index in [0.717, 1.165) is 6.54 Å². The van der Waals surface area contributed by atoms with E-state index in [0.29, 0.717) is 6.54 Å². The molecule has 76 valence electrons. The second kappa shape index (κ2) is 4.84. The highest BCUT2D eigenvalue weighted by atomic mass is 32.1. The number of benzene rings is 1. The van der Waals surface area contributed by atoms with Gasteiger partial charge in [-0.05, 0) is 12.3 Å². The third-order valence-corrected chi connectivity index (χ3v) is 2.88. The van der Waals surface area contributed by atoms with E-state index < -0.39 is 0 Å². The maximum Gasteiger partial charge on any atom is 0.224 e. The molecule has 0 N–H and O–H groups in total. The Bertz CT molecular complexity index is 417. The predicted octanol–water partition coefficient (Wildman–Crippen LogP) is 2.28. The molecule has 0 radical (unpaired) electrons. The molecular weight excluding hydrogens is 204 g/mol. The first-order valence-corrected chi connectivity index (χ1v) is 5.74. The van der Waals surface area contributed by atoms with Gasteiger partial charge in [-0.2, -0.15) is 4.57 Å². The molecule has 0 aliphatic rings. The summed E-state index contributed by atoms with van der Waals surface area (Å²) in [5.41, 5.74) is 4.63. The highest BCUT2D eigenvalue weighted by Gasteiger charge is 2.01. The lowest BCUT2D eigenvalue weighted by Gasteiger charge is -1.98. The average molecular weight is 217 g/mol. The van der Waals surface area contributed by atoms with E-state index in [2.05, 4.69) is 57.6 Å². The van der Waals surface area contributed by atoms with Gasteiger partial charge in [0.1, 0.15) is 0 Å². The van der Waals surface area contributed by atoms with Crippen LogP contribution in [-0.2, 0) is 13.1 Å². The molecule has 3 heteroatoms. The highest BCUT2D eigenvalue weighted by Crippen LogP contribution is 2.05. The molecule has 1 aromatic carbocycles. The van der Waals surface area contributed by atoms with Gasteiger partial charge in [-0.15, -0.1) is 0 Å². The molecular formula is C12H13N2S+. The van der Waals surface area contributed by atoms with Crippen LogP contribution in [0.4, 0.5) is 0 Å². The summed E-state index contributed by atoms with van der Waals surface area (Å²) in [5.74, 6) is 0. The minimum Gasteiger partial charge on any atom is -0.296 e. The van der Waals surface area contributed by atoms with Crippen LogP contribution in [0.2, 0.25) is 0 Å². The summed E-state index contributed by atoms with van der Waals surface area (Å²) < 4.78 is 2.17. The Labute approximate surface area is 93.5 Å². The molecule has 2 nitrogen and oxygen atoms in total. The summed E-state index contributed by atoms with van der Waals surface area (Å²) in [4.78, 5) is 3.86. The molecule has 0 amide bonds. The molecule has 0 aliphatic heterocycles. The zero-order valence-electron chi connectivity index (χ0n) is 8.47. The van der Waals surface area contributed by atoms with Crippen LogP contribution < -0.4 is 4.57 Å². The summed E-state index contributed by atoms with van der Waals surface area (Å²) in [5, 5.41) is 2.08. The molecule has 2 rings (SSSR count). The van der Waals surface area contributed by atoms with Crippen LogP contribution in [-0.4, -0.2) is 6.72 Å². The first-order chi connectivity index (χ1) is 7.38. The number of rotatable bonds is 4. The second-order valence-corrected chi connectivity index (χ2v) is 4.15. The lowest BCUT2D eigenvalue weighted by atomic mass is 10.1. The molecule has 0 saturated carbocycles. The van der Waals surface area contributed by atoms with Crippen molar-refractivity contribution in [2.45, 2.75) is 13.1 Å². The lowest BCUT2D eigenvalue weighted by molar-refractivity contribution is -0.683. The van der Waals surface area contributed by atoms with Crippen molar-refractivity contribution in [2.24, 2.45) is 4.99 Å². The van der Waals surface area contributed by atoms with Crippen LogP contribution in [0.1, 0.15) is 11.1 Å². The number of hydrogen-bond acceptors (Lipinski definition) is 2. The van der Waals surface area contributed by atoms with Crippen LogP contribution in [0.15, 0.2) is 46.3 Å². The van der Waals surface area contributed by atoms with Gasteiger partial charge in [0.25, 0.3) is 0 Å². The van der Waals surface area contributed by atoms with E-state index in [1.807, 2.05) is 0 Å². The molecule has 0 fully saturated rings. The summed E-state index contributed by atoms with van der Waals surface area (Å²) in [6, 6.07) is 8.50. The second-order valence-electron chi connectivity index (χ2n) is 3.40. The normalized spacial score (nSPS) is 10.1. The van der Waals surface area contributed by atoms with Crippen molar-refractivity contribution in [3.8, 4) is 0 Å². The van der Waals surface area contributed by atoms with Crippen LogP contribution in [0.3, 0.4) is 0 Å². The Balaban J connectivity index is 2.07. The summed E-state index contributed by atoms with van der Waals surface area (Å²) >= 11 is 1.71. The number of aromatic nitrogens is 1. The highest BCUT2D eigenvalue weighted by molar-refractivity contribution is 7.07. The Morgan fingerprint density at radius 2 is 1.93 bits per heavy atom. The summed E-state index contributed by atoms with van der Waals surface area (Å²) in [6.45, 7) is 5.12. The maximum absolute atomic E-state index is 3.86. The van der Waals surface area contributed by atoms with E-state index in [-0.39, 0.29) is 0 Å². The van der Waals surface area contributed by atoms with E-state index in [1.54, 1.807) is 11.3 Å². The van der Waals surface area contributed by atoms with Gasteiger partial charge in [0.05, 0.1) is 11.9 Å². The van der Waals surface area contributed by atoms with Crippen molar-refractivity contribution < 1.29 is 4.57 Å². The van der Waals surface area contributed by atoms with Crippen molar-refractivity contribution in [1.29, 1.82) is 0 Å². The van der Waals surface area contributed by atoms with E-state index in [1.165, 1.54) is 11.1 Å². The smallest absolute Gasteiger partial charge is 0.224 e. The Morgan fingerprint density at radius 1 is 1.20 bits per heavy atom. The van der Waals surface area contributed by atoms with E-state index in [9.17, 15) is 0 Å². The van der Waals surface area contributed by atoms with Crippen LogP contribution in [0.5, 0.6) is 0 Å². The van der Waals surface area contributed by atoms with E-state index >= 15 is 0 Å². The zero-order valence-corrected chi connectivity index (χ0v) is 9.28. The van der Waals surface area contributed by atoms with Gasteiger partial charge in [-0.3, -0.25) is 4.99 Å². The molecule has 1 aromatic heterocycles. The first kappa shape index (κ1) is 10.1. The largest absolute Gasteiger partial charge is 0.296 e. The minimum atomic E-state index is 0.700. The number of hydrogen-bond donors (Lipinski definition) is 0. The quantitative estimate of drug-likeness (QED) is 0.552. The topological polar surface area (TPSA) is 16.2 Å². The third kappa shape index (κ3) is 2.73. The van der Waals surface area contributed by atoms with Gasteiger partial charge in [-0.25, -0.2) is 0 Å². The van der Waals surface area contributed by atoms with Crippen LogP contribution >= 0.6 is 11.3 Å². The zero-order chi connectivity index (χ0) is 10.5. The van der Waals surface area contributed by atoms with Crippen molar-refractivity contribution in [3.63, 3.8) is 0 Å². The summed E-state index contributed by atoms with van der Waals surface area (Å²) in [6.07, 6.45) is 2.09. The Hall–Kier alpha value is -1.48. The molecule has 0 spiro atoms. The average Bonchev–Trinajstić information content (AvgIpc) is 2.74. The van der Waals surface area contributed by atoms with Gasteiger partial charge in [0.15, 0.2) is 12.7 Å². The number of nitrogens with zero attached hydrogens (tertiary/aromatic N) is 2. The molecule has 0 saturated heterocycles. The van der Waals surface area contributed by atoms with Crippen LogP contribution in [0, 0.1) is 0 Å². The Morgan fingerprint density at radius 3 is 2.53 bits per heavy atom. The monoisotopic (exact) mass is 217 g/mol. The SMILES string of the molecule is C=NCc1ccc(C[n+]2ccsc2)cc1. The Kier molecular flexibility index (Phi) is 3.25. The van der Waals surface area contributed by atoms with Crippen molar-refractivity contribution in [1.82, 2.24) is 0 Å². The van der Waals surface area contributed by atoms with Crippen molar-refractivity contribution in [2.75, 3.05) is 0 Å². The molecule has 2 aromatic rings. The van der Waals surface area contributed by atoms with Crippen molar-refractivity contribution >= 4 is 18.1 Å². The number of aliphatic imine (C=N–C) groups is 1. The van der Waals surface area contributed by atoms with Gasteiger partial charge in [-0.1, -0.05) is 35.6 Å². The minimum absolute atomic E-state index is 0.700. The van der Waals surface area contributed by atoms with Gasteiger partial charge in [0.2, 0.25) is 5.51 Å². The standard InChI is InChI=1S/C12H13N2S/c1-13-8-11-2-4-12(5-3-11)9-14-6-7-15-10-14/h2-7,10H,1,8-9H2/q+1. The fourth-order valence-corrected chi connectivity index (χ4v) is 2.04. The molecule has 0 bridgehead atoms.